The van der Waals surface area contributed by atoms with Gasteiger partial charge < -0.3 is 20.1 Å². The third-order valence-electron chi connectivity index (χ3n) is 3.11. The maximum atomic E-state index is 11.3. The summed E-state index contributed by atoms with van der Waals surface area (Å²) in [7, 11) is 1.40. The Bertz CT molecular complexity index is 218. The van der Waals surface area contributed by atoms with Crippen molar-refractivity contribution in [1.82, 2.24) is 10.6 Å². The van der Waals surface area contributed by atoms with Crippen LogP contribution in [-0.2, 0) is 9.47 Å². The molecule has 1 unspecified atom stereocenters. The Balaban J connectivity index is 2.41. The van der Waals surface area contributed by atoms with E-state index in [9.17, 15) is 4.79 Å². The molecule has 0 spiro atoms. The van der Waals surface area contributed by atoms with Gasteiger partial charge in [0.25, 0.3) is 0 Å². The van der Waals surface area contributed by atoms with Crippen molar-refractivity contribution in [2.75, 3.05) is 33.4 Å². The van der Waals surface area contributed by atoms with Crippen LogP contribution < -0.4 is 10.6 Å². The van der Waals surface area contributed by atoms with E-state index in [1.54, 1.807) is 0 Å². The van der Waals surface area contributed by atoms with Gasteiger partial charge in [-0.15, -0.1) is 0 Å². The number of rotatable bonds is 6. The summed E-state index contributed by atoms with van der Waals surface area (Å²) >= 11 is 0. The minimum Gasteiger partial charge on any atom is -0.453 e. The molecule has 1 amide bonds. The average Bonchev–Trinajstić information content (AvgIpc) is 2.38. The number of carbonyl (C=O) groups excluding carboxylic acids is 1. The molecule has 1 atom stereocenters. The monoisotopic (exact) mass is 244 g/mol. The van der Waals surface area contributed by atoms with Crippen molar-refractivity contribution in [3.05, 3.63) is 0 Å². The normalized spacial score (nSPS) is 18.7. The molecule has 0 bridgehead atoms. The highest BCUT2D eigenvalue weighted by Crippen LogP contribution is 2.18. The zero-order valence-corrected chi connectivity index (χ0v) is 10.8. The molecule has 1 aliphatic heterocycles. The molecule has 1 rings (SSSR count). The minimum absolute atomic E-state index is 0.137. The van der Waals surface area contributed by atoms with Crippen molar-refractivity contribution >= 4 is 6.09 Å². The van der Waals surface area contributed by atoms with Crippen molar-refractivity contribution in [1.29, 1.82) is 0 Å². The van der Waals surface area contributed by atoms with Crippen LogP contribution in [-0.4, -0.2) is 45.5 Å². The highest BCUT2D eigenvalue weighted by molar-refractivity contribution is 5.67. The Hall–Kier alpha value is -0.810. The van der Waals surface area contributed by atoms with E-state index in [0.717, 1.165) is 45.6 Å². The Labute approximate surface area is 103 Å². The fourth-order valence-corrected chi connectivity index (χ4v) is 2.10. The third-order valence-corrected chi connectivity index (χ3v) is 3.11. The number of methoxy groups -OCH3 is 1. The predicted octanol–water partition coefficient (Wildman–Crippen LogP) is 1.14. The van der Waals surface area contributed by atoms with Crippen molar-refractivity contribution < 1.29 is 14.3 Å². The van der Waals surface area contributed by atoms with Gasteiger partial charge >= 0.3 is 6.09 Å². The molecule has 5 heteroatoms. The van der Waals surface area contributed by atoms with Crippen LogP contribution in [0, 0.1) is 5.92 Å². The molecule has 17 heavy (non-hydrogen) atoms. The van der Waals surface area contributed by atoms with Gasteiger partial charge in [0.2, 0.25) is 0 Å². The summed E-state index contributed by atoms with van der Waals surface area (Å²) < 4.78 is 10.0. The quantitative estimate of drug-likeness (QED) is 0.688. The molecule has 2 N–H and O–H groups in total. The summed E-state index contributed by atoms with van der Waals surface area (Å²) in [5.41, 5.74) is 0. The van der Waals surface area contributed by atoms with Crippen LogP contribution in [0.1, 0.15) is 26.2 Å². The van der Waals surface area contributed by atoms with Gasteiger partial charge in [0.05, 0.1) is 7.11 Å². The van der Waals surface area contributed by atoms with Gasteiger partial charge in [-0.1, -0.05) is 6.92 Å². The minimum atomic E-state index is -0.347. The van der Waals surface area contributed by atoms with E-state index < -0.39 is 0 Å². The van der Waals surface area contributed by atoms with Crippen LogP contribution in [0.2, 0.25) is 0 Å². The fraction of sp³-hybridized carbons (Fsp3) is 0.917. The molecule has 0 aliphatic carbocycles. The molecular weight excluding hydrogens is 220 g/mol. The zero-order chi connectivity index (χ0) is 12.5. The fourth-order valence-electron chi connectivity index (χ4n) is 2.10. The molecular formula is C12H24N2O3. The number of amides is 1. The van der Waals surface area contributed by atoms with Crippen molar-refractivity contribution in [2.45, 2.75) is 32.2 Å². The lowest BCUT2D eigenvalue weighted by atomic mass is 9.91. The summed E-state index contributed by atoms with van der Waals surface area (Å²) in [5.74, 6) is 0.479. The summed E-state index contributed by atoms with van der Waals surface area (Å²) in [5, 5.41) is 6.27. The van der Waals surface area contributed by atoms with Gasteiger partial charge in [0.1, 0.15) is 0 Å². The second-order valence-corrected chi connectivity index (χ2v) is 4.40. The standard InChI is InChI=1S/C12H24N2O3/c1-3-6-13-9-11(14-12(15)16-2)10-4-7-17-8-5-10/h10-11,13H,3-9H2,1-2H3,(H,14,15). The summed E-state index contributed by atoms with van der Waals surface area (Å²) in [6, 6.07) is 0.137. The van der Waals surface area contributed by atoms with E-state index in [1.807, 2.05) is 0 Å². The van der Waals surface area contributed by atoms with E-state index in [-0.39, 0.29) is 12.1 Å². The van der Waals surface area contributed by atoms with Crippen LogP contribution in [0.25, 0.3) is 0 Å². The molecule has 0 aromatic heterocycles. The molecule has 1 fully saturated rings. The second kappa shape index (κ2) is 8.31. The number of hydrogen-bond acceptors (Lipinski definition) is 4. The molecule has 0 aromatic rings. The van der Waals surface area contributed by atoms with Gasteiger partial charge in [-0.3, -0.25) is 0 Å². The molecule has 1 aliphatic rings. The van der Waals surface area contributed by atoms with Gasteiger partial charge in [-0.05, 0) is 31.7 Å². The maximum absolute atomic E-state index is 11.3. The number of alkyl carbamates (subject to hydrolysis) is 1. The zero-order valence-electron chi connectivity index (χ0n) is 10.8. The number of carbonyl (C=O) groups is 1. The maximum Gasteiger partial charge on any atom is 0.407 e. The lowest BCUT2D eigenvalue weighted by molar-refractivity contribution is 0.0529. The average molecular weight is 244 g/mol. The van der Waals surface area contributed by atoms with Crippen LogP contribution in [0.5, 0.6) is 0 Å². The smallest absolute Gasteiger partial charge is 0.407 e. The van der Waals surface area contributed by atoms with Gasteiger partial charge in [0.15, 0.2) is 0 Å². The molecule has 5 nitrogen and oxygen atoms in total. The lowest BCUT2D eigenvalue weighted by Crippen LogP contribution is -2.48. The number of hydrogen-bond donors (Lipinski definition) is 2. The molecule has 0 aromatic carbocycles. The first-order chi connectivity index (χ1) is 8.27. The van der Waals surface area contributed by atoms with E-state index in [2.05, 4.69) is 22.3 Å². The molecule has 1 saturated heterocycles. The largest absolute Gasteiger partial charge is 0.453 e. The van der Waals surface area contributed by atoms with Gasteiger partial charge in [-0.25, -0.2) is 4.79 Å². The predicted molar refractivity (Wildman–Crippen MR) is 66.0 cm³/mol. The third kappa shape index (κ3) is 5.37. The summed E-state index contributed by atoms with van der Waals surface area (Å²) in [6.07, 6.45) is 2.75. The SMILES string of the molecule is CCCNCC(NC(=O)OC)C1CCOCC1. The second-order valence-electron chi connectivity index (χ2n) is 4.40. The van der Waals surface area contributed by atoms with Crippen molar-refractivity contribution in [3.8, 4) is 0 Å². The Morgan fingerprint density at radius 2 is 2.18 bits per heavy atom. The Morgan fingerprint density at radius 1 is 1.47 bits per heavy atom. The topological polar surface area (TPSA) is 59.6 Å². The van der Waals surface area contributed by atoms with Crippen molar-refractivity contribution in [3.63, 3.8) is 0 Å². The number of ether oxygens (including phenoxy) is 2. The lowest BCUT2D eigenvalue weighted by Gasteiger charge is -2.30. The van der Waals surface area contributed by atoms with Gasteiger partial charge in [-0.2, -0.15) is 0 Å². The molecule has 0 saturated carbocycles. The number of nitrogens with one attached hydrogen (secondary N) is 2. The molecule has 1 heterocycles. The first kappa shape index (κ1) is 14.3. The van der Waals surface area contributed by atoms with E-state index in [0.29, 0.717) is 5.92 Å². The molecule has 100 valence electrons. The van der Waals surface area contributed by atoms with Crippen LogP contribution >= 0.6 is 0 Å². The first-order valence-corrected chi connectivity index (χ1v) is 6.40. The first-order valence-electron chi connectivity index (χ1n) is 6.40. The Kier molecular flexibility index (Phi) is 6.96. The van der Waals surface area contributed by atoms with E-state index in [1.165, 1.54) is 7.11 Å². The van der Waals surface area contributed by atoms with Gasteiger partial charge in [0, 0.05) is 25.8 Å². The van der Waals surface area contributed by atoms with Crippen LogP contribution in [0.15, 0.2) is 0 Å². The van der Waals surface area contributed by atoms with Crippen LogP contribution in [0.4, 0.5) is 4.79 Å². The summed E-state index contributed by atoms with van der Waals surface area (Å²) in [4.78, 5) is 11.3. The van der Waals surface area contributed by atoms with Crippen molar-refractivity contribution in [2.24, 2.45) is 5.92 Å². The highest BCUT2D eigenvalue weighted by atomic mass is 16.5. The highest BCUT2D eigenvalue weighted by Gasteiger charge is 2.25. The molecule has 0 radical (unpaired) electrons. The Morgan fingerprint density at radius 3 is 2.76 bits per heavy atom. The van der Waals surface area contributed by atoms with E-state index >= 15 is 0 Å². The summed E-state index contributed by atoms with van der Waals surface area (Å²) in [6.45, 7) is 5.48. The van der Waals surface area contributed by atoms with Crippen LogP contribution in [0.3, 0.4) is 0 Å². The van der Waals surface area contributed by atoms with E-state index in [4.69, 9.17) is 4.74 Å².